The molecule has 0 spiro atoms. The van der Waals surface area contributed by atoms with Crippen LogP contribution in [0.25, 0.3) is 0 Å². The normalized spacial score (nSPS) is 13.0. The first-order chi connectivity index (χ1) is 11.4. The lowest BCUT2D eigenvalue weighted by atomic mass is 10.1. The molecule has 5 nitrogen and oxygen atoms in total. The molecule has 1 aliphatic heterocycles. The quantitative estimate of drug-likeness (QED) is 0.312. The standard InChI is InChI=1S/C18H35N5/c1-3-5-7-9-11-13-15-23(17-18-19-21-22-20-18)16-14-12-10-8-6-4-2/h17H,3-16H2,1-2H3. The second kappa shape index (κ2) is 14.3. The summed E-state index contributed by atoms with van der Waals surface area (Å²) in [5.41, 5.74) is 0. The zero-order valence-electron chi connectivity index (χ0n) is 15.2. The van der Waals surface area contributed by atoms with Crippen LogP contribution in [0.15, 0.2) is 32.7 Å². The predicted molar refractivity (Wildman–Crippen MR) is 96.1 cm³/mol. The van der Waals surface area contributed by atoms with Gasteiger partial charge in [0.05, 0.1) is 0 Å². The number of rotatable bonds is 15. The van der Waals surface area contributed by atoms with Gasteiger partial charge in [0.15, 0.2) is 0 Å². The third-order valence-electron chi connectivity index (χ3n) is 4.23. The molecule has 23 heavy (non-hydrogen) atoms. The van der Waals surface area contributed by atoms with E-state index in [4.69, 9.17) is 0 Å². The number of hydrogen-bond acceptors (Lipinski definition) is 5. The Balaban J connectivity index is 2.21. The zero-order chi connectivity index (χ0) is 16.6. The van der Waals surface area contributed by atoms with Crippen molar-refractivity contribution in [2.24, 2.45) is 20.7 Å². The van der Waals surface area contributed by atoms with Gasteiger partial charge in [-0.05, 0) is 23.3 Å². The SMILES string of the molecule is CCCCCCCCN(C=C1N=NN=N1)CCCCCCCC. The summed E-state index contributed by atoms with van der Waals surface area (Å²) in [5, 5.41) is 15.0. The molecule has 1 rings (SSSR count). The molecule has 0 bridgehead atoms. The second-order valence-electron chi connectivity index (χ2n) is 6.44. The van der Waals surface area contributed by atoms with Gasteiger partial charge in [-0.25, -0.2) is 0 Å². The fourth-order valence-corrected chi connectivity index (χ4v) is 2.80. The van der Waals surface area contributed by atoms with Gasteiger partial charge in [-0.1, -0.05) is 78.1 Å². The Morgan fingerprint density at radius 3 is 1.57 bits per heavy atom. The van der Waals surface area contributed by atoms with Crippen LogP contribution in [-0.2, 0) is 0 Å². The number of nitrogens with zero attached hydrogens (tertiary/aromatic N) is 5. The van der Waals surface area contributed by atoms with Crippen LogP contribution in [0.1, 0.15) is 90.9 Å². The molecule has 132 valence electrons. The van der Waals surface area contributed by atoms with Crippen LogP contribution in [0.2, 0.25) is 0 Å². The van der Waals surface area contributed by atoms with Crippen LogP contribution in [-0.4, -0.2) is 18.0 Å². The van der Waals surface area contributed by atoms with Crippen LogP contribution in [0.3, 0.4) is 0 Å². The minimum Gasteiger partial charge on any atom is -0.374 e. The Kier molecular flexibility index (Phi) is 12.3. The van der Waals surface area contributed by atoms with Crippen LogP contribution in [0.4, 0.5) is 0 Å². The molecule has 0 aromatic rings. The van der Waals surface area contributed by atoms with E-state index < -0.39 is 0 Å². The zero-order valence-corrected chi connectivity index (χ0v) is 15.2. The van der Waals surface area contributed by atoms with Gasteiger partial charge in [0, 0.05) is 19.3 Å². The lowest BCUT2D eigenvalue weighted by molar-refractivity contribution is 0.346. The fraction of sp³-hybridized carbons (Fsp3) is 0.889. The summed E-state index contributed by atoms with van der Waals surface area (Å²) in [7, 11) is 0. The minimum atomic E-state index is 0.641. The van der Waals surface area contributed by atoms with E-state index in [9.17, 15) is 0 Å². The lowest BCUT2D eigenvalue weighted by Crippen LogP contribution is -2.20. The van der Waals surface area contributed by atoms with Crippen molar-refractivity contribution in [1.82, 2.24) is 4.90 Å². The van der Waals surface area contributed by atoms with Crippen molar-refractivity contribution in [1.29, 1.82) is 0 Å². The molecule has 0 atom stereocenters. The highest BCUT2D eigenvalue weighted by atomic mass is 15.5. The molecule has 0 radical (unpaired) electrons. The predicted octanol–water partition coefficient (Wildman–Crippen LogP) is 6.64. The molecule has 0 N–H and O–H groups in total. The van der Waals surface area contributed by atoms with E-state index in [-0.39, 0.29) is 0 Å². The third kappa shape index (κ3) is 11.0. The van der Waals surface area contributed by atoms with Crippen LogP contribution in [0.5, 0.6) is 0 Å². The first-order valence-corrected chi connectivity index (χ1v) is 9.64. The first-order valence-electron chi connectivity index (χ1n) is 9.64. The van der Waals surface area contributed by atoms with E-state index in [1.54, 1.807) is 0 Å². The van der Waals surface area contributed by atoms with E-state index in [0.717, 1.165) is 13.1 Å². The molecule has 5 heteroatoms. The summed E-state index contributed by atoms with van der Waals surface area (Å²) >= 11 is 0. The largest absolute Gasteiger partial charge is 0.374 e. The van der Waals surface area contributed by atoms with Gasteiger partial charge in [-0.15, -0.1) is 10.2 Å². The van der Waals surface area contributed by atoms with Gasteiger partial charge in [-0.2, -0.15) is 0 Å². The van der Waals surface area contributed by atoms with Crippen molar-refractivity contribution in [3.05, 3.63) is 12.0 Å². The molecular weight excluding hydrogens is 286 g/mol. The van der Waals surface area contributed by atoms with Crippen LogP contribution < -0.4 is 0 Å². The van der Waals surface area contributed by atoms with Crippen molar-refractivity contribution in [2.75, 3.05) is 13.1 Å². The van der Waals surface area contributed by atoms with Crippen molar-refractivity contribution in [3.63, 3.8) is 0 Å². The Bertz CT molecular complexity index is 332. The topological polar surface area (TPSA) is 52.7 Å². The average Bonchev–Trinajstić information content (AvgIpc) is 3.06. The maximum Gasteiger partial charge on any atom is 0.215 e. The molecule has 0 fully saturated rings. The lowest BCUT2D eigenvalue weighted by Gasteiger charge is -2.20. The average molecular weight is 322 g/mol. The summed E-state index contributed by atoms with van der Waals surface area (Å²) in [6.45, 7) is 6.71. The van der Waals surface area contributed by atoms with Crippen molar-refractivity contribution in [2.45, 2.75) is 90.9 Å². The van der Waals surface area contributed by atoms with Gasteiger partial charge < -0.3 is 4.90 Å². The molecule has 0 saturated heterocycles. The minimum absolute atomic E-state index is 0.641. The van der Waals surface area contributed by atoms with Crippen LogP contribution >= 0.6 is 0 Å². The van der Waals surface area contributed by atoms with Gasteiger partial charge >= 0.3 is 0 Å². The third-order valence-corrected chi connectivity index (χ3v) is 4.23. The number of hydrogen-bond donors (Lipinski definition) is 0. The van der Waals surface area contributed by atoms with Gasteiger partial charge in [0.1, 0.15) is 0 Å². The smallest absolute Gasteiger partial charge is 0.215 e. The highest BCUT2D eigenvalue weighted by Gasteiger charge is 2.05. The molecule has 1 heterocycles. The molecule has 0 amide bonds. The summed E-state index contributed by atoms with van der Waals surface area (Å²) in [5.74, 6) is 0.641. The Hall–Kier alpha value is -1.26. The Labute approximate surface area is 142 Å². The molecular formula is C18H35N5. The monoisotopic (exact) mass is 321 g/mol. The summed E-state index contributed by atoms with van der Waals surface area (Å²) in [6, 6.07) is 0. The summed E-state index contributed by atoms with van der Waals surface area (Å²) in [4.78, 5) is 2.36. The molecule has 0 saturated carbocycles. The number of unbranched alkanes of at least 4 members (excludes halogenated alkanes) is 10. The summed E-state index contributed by atoms with van der Waals surface area (Å²) in [6.07, 6.45) is 18.0. The van der Waals surface area contributed by atoms with Gasteiger partial charge in [0.25, 0.3) is 0 Å². The van der Waals surface area contributed by atoms with Gasteiger partial charge in [-0.3, -0.25) is 0 Å². The van der Waals surface area contributed by atoms with E-state index in [1.807, 2.05) is 6.20 Å². The second-order valence-corrected chi connectivity index (χ2v) is 6.44. The highest BCUT2D eigenvalue weighted by Crippen LogP contribution is 2.13. The maximum absolute atomic E-state index is 3.92. The van der Waals surface area contributed by atoms with Crippen molar-refractivity contribution >= 4 is 0 Å². The fourth-order valence-electron chi connectivity index (χ4n) is 2.80. The molecule has 0 aromatic carbocycles. The molecule has 0 unspecified atom stereocenters. The van der Waals surface area contributed by atoms with E-state index in [0.29, 0.717) is 5.82 Å². The molecule has 0 aromatic heterocycles. The molecule has 1 aliphatic rings. The van der Waals surface area contributed by atoms with Crippen molar-refractivity contribution in [3.8, 4) is 0 Å². The van der Waals surface area contributed by atoms with E-state index in [2.05, 4.69) is 39.4 Å². The van der Waals surface area contributed by atoms with Crippen LogP contribution in [0, 0.1) is 0 Å². The first kappa shape index (κ1) is 19.8. The maximum atomic E-state index is 3.92. The molecule has 0 aliphatic carbocycles. The van der Waals surface area contributed by atoms with E-state index in [1.165, 1.54) is 77.0 Å². The Morgan fingerprint density at radius 2 is 1.09 bits per heavy atom. The van der Waals surface area contributed by atoms with Crippen molar-refractivity contribution < 1.29 is 0 Å². The van der Waals surface area contributed by atoms with E-state index >= 15 is 0 Å². The summed E-state index contributed by atoms with van der Waals surface area (Å²) < 4.78 is 0. The van der Waals surface area contributed by atoms with Gasteiger partial charge in [0.2, 0.25) is 5.82 Å². The Morgan fingerprint density at radius 1 is 0.652 bits per heavy atom. The highest BCUT2D eigenvalue weighted by molar-refractivity contribution is 4.96.